The Bertz CT molecular complexity index is 985. The Kier molecular flexibility index (Phi) is 6.13. The summed E-state index contributed by atoms with van der Waals surface area (Å²) in [6, 6.07) is 13.5. The number of carbonyl (C=O) groups is 1. The lowest BCUT2D eigenvalue weighted by molar-refractivity contribution is 0.0916. The number of anilines is 1. The molecule has 28 heavy (non-hydrogen) atoms. The minimum Gasteiger partial charge on any atom is -0.492 e. The third-order valence-corrected chi connectivity index (χ3v) is 6.65. The van der Waals surface area contributed by atoms with Gasteiger partial charge >= 0.3 is 0 Å². The van der Waals surface area contributed by atoms with E-state index in [4.69, 9.17) is 14.5 Å². The van der Waals surface area contributed by atoms with Crippen LogP contribution in [0.5, 0.6) is 5.75 Å². The summed E-state index contributed by atoms with van der Waals surface area (Å²) >= 11 is 3.72. The van der Waals surface area contributed by atoms with Gasteiger partial charge in [-0.2, -0.15) is 0 Å². The summed E-state index contributed by atoms with van der Waals surface area (Å²) in [5, 5.41) is 0.683. The maximum Gasteiger partial charge on any atom is 0.261 e. The monoisotopic (exact) mass is 508 g/mol. The number of benzene rings is 2. The molecule has 1 saturated heterocycles. The van der Waals surface area contributed by atoms with Crippen molar-refractivity contribution in [2.45, 2.75) is 25.9 Å². The number of nitrogens with zero attached hydrogens (tertiary/aromatic N) is 2. The van der Waals surface area contributed by atoms with Crippen molar-refractivity contribution in [2.24, 2.45) is 0 Å². The van der Waals surface area contributed by atoms with Gasteiger partial charge in [0, 0.05) is 10.2 Å². The van der Waals surface area contributed by atoms with E-state index in [1.807, 2.05) is 49.4 Å². The SMILES string of the molecule is CCOc1cccc2sc(N(CC3CCCO3)C(=O)c3ccccc3I)nc12. The molecule has 7 heteroatoms. The topological polar surface area (TPSA) is 51.7 Å². The molecule has 0 bridgehead atoms. The molecule has 3 aromatic rings. The van der Waals surface area contributed by atoms with Crippen molar-refractivity contribution in [1.29, 1.82) is 0 Å². The molecule has 1 atom stereocenters. The van der Waals surface area contributed by atoms with Crippen molar-refractivity contribution in [1.82, 2.24) is 4.98 Å². The first-order valence-corrected chi connectivity index (χ1v) is 11.3. The Morgan fingerprint density at radius 2 is 2.18 bits per heavy atom. The molecule has 2 aromatic carbocycles. The van der Waals surface area contributed by atoms with Crippen molar-refractivity contribution in [3.05, 3.63) is 51.6 Å². The van der Waals surface area contributed by atoms with Gasteiger partial charge in [-0.05, 0) is 66.6 Å². The molecule has 4 rings (SSSR count). The van der Waals surface area contributed by atoms with E-state index in [1.165, 1.54) is 11.3 Å². The second-order valence-electron chi connectivity index (χ2n) is 6.56. The zero-order valence-corrected chi connectivity index (χ0v) is 18.5. The summed E-state index contributed by atoms with van der Waals surface area (Å²) < 4.78 is 13.5. The number of ether oxygens (including phenoxy) is 2. The average molecular weight is 508 g/mol. The van der Waals surface area contributed by atoms with Gasteiger partial charge in [-0.25, -0.2) is 4.98 Å². The van der Waals surface area contributed by atoms with Gasteiger partial charge in [0.2, 0.25) is 0 Å². The Morgan fingerprint density at radius 1 is 1.32 bits per heavy atom. The average Bonchev–Trinajstić information content (AvgIpc) is 3.36. The number of para-hydroxylation sites is 1. The van der Waals surface area contributed by atoms with Gasteiger partial charge in [0.1, 0.15) is 11.3 Å². The fourth-order valence-electron chi connectivity index (χ4n) is 3.32. The first-order chi connectivity index (χ1) is 13.7. The third kappa shape index (κ3) is 4.01. The van der Waals surface area contributed by atoms with Gasteiger partial charge < -0.3 is 9.47 Å². The van der Waals surface area contributed by atoms with Gasteiger partial charge in [-0.1, -0.05) is 29.5 Å². The van der Waals surface area contributed by atoms with Gasteiger partial charge in [0.15, 0.2) is 5.13 Å². The minimum absolute atomic E-state index is 0.0440. The van der Waals surface area contributed by atoms with E-state index in [1.54, 1.807) is 4.90 Å². The Labute approximate surface area is 181 Å². The highest BCUT2D eigenvalue weighted by atomic mass is 127. The molecular weight excluding hydrogens is 487 g/mol. The van der Waals surface area contributed by atoms with Crippen LogP contribution in [0, 0.1) is 3.57 Å². The van der Waals surface area contributed by atoms with E-state index >= 15 is 0 Å². The summed E-state index contributed by atoms with van der Waals surface area (Å²) in [5.74, 6) is 0.707. The summed E-state index contributed by atoms with van der Waals surface area (Å²) in [7, 11) is 0. The van der Waals surface area contributed by atoms with Gasteiger partial charge in [0.25, 0.3) is 5.91 Å². The summed E-state index contributed by atoms with van der Waals surface area (Å²) in [5.41, 5.74) is 1.49. The normalized spacial score (nSPS) is 16.4. The number of fused-ring (bicyclic) bond motifs is 1. The van der Waals surface area contributed by atoms with E-state index < -0.39 is 0 Å². The maximum atomic E-state index is 13.4. The first-order valence-electron chi connectivity index (χ1n) is 9.37. The molecule has 146 valence electrons. The standard InChI is InChI=1S/C21H21IN2O3S/c1-2-26-17-10-5-11-18-19(17)23-21(28-18)24(13-14-7-6-12-27-14)20(25)15-8-3-4-9-16(15)22/h3-5,8-11,14H,2,6-7,12-13H2,1H3. The second-order valence-corrected chi connectivity index (χ2v) is 8.73. The van der Waals surface area contributed by atoms with Crippen LogP contribution in [0.2, 0.25) is 0 Å². The molecule has 5 nitrogen and oxygen atoms in total. The number of halogens is 1. The molecule has 1 unspecified atom stereocenters. The molecule has 1 aliphatic heterocycles. The first kappa shape index (κ1) is 19.6. The molecular formula is C21H21IN2O3S. The van der Waals surface area contributed by atoms with Crippen LogP contribution >= 0.6 is 33.9 Å². The Morgan fingerprint density at radius 3 is 2.93 bits per heavy atom. The van der Waals surface area contributed by atoms with E-state index in [9.17, 15) is 4.79 Å². The lowest BCUT2D eigenvalue weighted by atomic mass is 10.2. The van der Waals surface area contributed by atoms with E-state index in [0.29, 0.717) is 23.8 Å². The van der Waals surface area contributed by atoms with Gasteiger partial charge in [-0.15, -0.1) is 0 Å². The number of thiazole rings is 1. The quantitative estimate of drug-likeness (QED) is 0.434. The maximum absolute atomic E-state index is 13.4. The minimum atomic E-state index is -0.0440. The Balaban J connectivity index is 1.74. The van der Waals surface area contributed by atoms with Crippen molar-refractivity contribution < 1.29 is 14.3 Å². The molecule has 1 fully saturated rings. The van der Waals surface area contributed by atoms with Crippen LogP contribution < -0.4 is 9.64 Å². The second kappa shape index (κ2) is 8.75. The van der Waals surface area contributed by atoms with Crippen molar-refractivity contribution in [3.63, 3.8) is 0 Å². The summed E-state index contributed by atoms with van der Waals surface area (Å²) in [6.07, 6.45) is 2.04. The molecule has 0 aliphatic carbocycles. The zero-order chi connectivity index (χ0) is 19.5. The van der Waals surface area contributed by atoms with E-state index in [2.05, 4.69) is 22.6 Å². The molecule has 1 amide bonds. The number of carbonyl (C=O) groups excluding carboxylic acids is 1. The fourth-order valence-corrected chi connectivity index (χ4v) is 4.93. The Hall–Kier alpha value is -1.71. The number of hydrogen-bond acceptors (Lipinski definition) is 5. The predicted octanol–water partition coefficient (Wildman–Crippen LogP) is 5.13. The lowest BCUT2D eigenvalue weighted by Crippen LogP contribution is -2.37. The molecule has 0 radical (unpaired) electrons. The molecule has 0 N–H and O–H groups in total. The van der Waals surface area contributed by atoms with Gasteiger partial charge in [0.05, 0.1) is 29.5 Å². The van der Waals surface area contributed by atoms with Crippen LogP contribution in [-0.2, 0) is 4.74 Å². The van der Waals surface area contributed by atoms with Crippen molar-refractivity contribution in [3.8, 4) is 5.75 Å². The summed E-state index contributed by atoms with van der Waals surface area (Å²) in [4.78, 5) is 20.0. The van der Waals surface area contributed by atoms with Gasteiger partial charge in [-0.3, -0.25) is 9.69 Å². The van der Waals surface area contributed by atoms with Crippen molar-refractivity contribution in [2.75, 3.05) is 24.7 Å². The zero-order valence-electron chi connectivity index (χ0n) is 15.6. The van der Waals surface area contributed by atoms with E-state index in [-0.39, 0.29) is 12.0 Å². The molecule has 1 aliphatic rings. The van der Waals surface area contributed by atoms with Crippen molar-refractivity contribution >= 4 is 55.2 Å². The van der Waals surface area contributed by atoms with Crippen LogP contribution in [0.15, 0.2) is 42.5 Å². The highest BCUT2D eigenvalue weighted by molar-refractivity contribution is 14.1. The van der Waals surface area contributed by atoms with Crippen LogP contribution in [0.25, 0.3) is 10.2 Å². The highest BCUT2D eigenvalue weighted by Gasteiger charge is 2.28. The summed E-state index contributed by atoms with van der Waals surface area (Å²) in [6.45, 7) is 3.79. The van der Waals surface area contributed by atoms with Crippen LogP contribution in [0.3, 0.4) is 0 Å². The largest absolute Gasteiger partial charge is 0.492 e. The molecule has 1 aromatic heterocycles. The molecule has 0 spiro atoms. The highest BCUT2D eigenvalue weighted by Crippen LogP contribution is 2.35. The van der Waals surface area contributed by atoms with E-state index in [0.717, 1.165) is 39.0 Å². The lowest BCUT2D eigenvalue weighted by Gasteiger charge is -2.23. The number of amides is 1. The van der Waals surface area contributed by atoms with Crippen LogP contribution in [0.4, 0.5) is 5.13 Å². The van der Waals surface area contributed by atoms with Crippen LogP contribution in [-0.4, -0.2) is 36.8 Å². The molecule has 0 saturated carbocycles. The third-order valence-electron chi connectivity index (χ3n) is 4.66. The van der Waals surface area contributed by atoms with Crippen LogP contribution in [0.1, 0.15) is 30.1 Å². The smallest absolute Gasteiger partial charge is 0.261 e. The number of aromatic nitrogens is 1. The number of rotatable bonds is 6. The number of hydrogen-bond donors (Lipinski definition) is 0. The predicted molar refractivity (Wildman–Crippen MR) is 121 cm³/mol. The molecule has 2 heterocycles. The fraction of sp³-hybridized carbons (Fsp3) is 0.333.